The summed E-state index contributed by atoms with van der Waals surface area (Å²) in [5, 5.41) is 0.259. The van der Waals surface area contributed by atoms with E-state index in [9.17, 15) is 4.79 Å². The largest absolute Gasteiger partial charge is 0.452 e. The molecule has 0 amide bonds. The average Bonchev–Trinajstić information content (AvgIpc) is 2.19. The summed E-state index contributed by atoms with van der Waals surface area (Å²) in [6.07, 6.45) is 1.70. The zero-order valence-electron chi connectivity index (χ0n) is 5.64. The molecule has 0 fully saturated rings. The second-order valence-corrected chi connectivity index (χ2v) is 2.87. The van der Waals surface area contributed by atoms with Crippen LogP contribution in [0.4, 0.5) is 0 Å². The summed E-state index contributed by atoms with van der Waals surface area (Å²) in [6.45, 7) is 3.49. The summed E-state index contributed by atoms with van der Waals surface area (Å²) in [7, 11) is 0. The minimum absolute atomic E-state index is 0.0153. The van der Waals surface area contributed by atoms with Gasteiger partial charge in [-0.1, -0.05) is 29.3 Å². The lowest BCUT2D eigenvalue weighted by Crippen LogP contribution is -2.07. The van der Waals surface area contributed by atoms with Crippen molar-refractivity contribution in [2.75, 3.05) is 0 Å². The Hall–Kier alpha value is -0.470. The highest BCUT2D eigenvalue weighted by Gasteiger charge is 2.30. The smallest absolute Gasteiger partial charge is 0.351 e. The van der Waals surface area contributed by atoms with Gasteiger partial charge >= 0.3 is 5.97 Å². The molecule has 1 aliphatic rings. The zero-order valence-corrected chi connectivity index (χ0v) is 7.15. The maximum absolute atomic E-state index is 10.7. The fourth-order valence-electron chi connectivity index (χ4n) is 0.774. The highest BCUT2D eigenvalue weighted by atomic mass is 35.5. The molecule has 1 rings (SSSR count). The van der Waals surface area contributed by atoms with E-state index in [1.165, 1.54) is 0 Å². The first-order valence-electron chi connectivity index (χ1n) is 3.04. The molecule has 1 heterocycles. The van der Waals surface area contributed by atoms with Crippen molar-refractivity contribution in [1.82, 2.24) is 0 Å². The standard InChI is InChI=1S/C7H6Cl2O2/c1-2-3-4-5(8)6(9)7(10)11-4/h2,4H,1,3H2. The molecule has 0 N–H and O–H groups in total. The van der Waals surface area contributed by atoms with Crippen molar-refractivity contribution in [3.8, 4) is 0 Å². The molecule has 0 bridgehead atoms. The molecule has 1 aliphatic heterocycles. The number of halogens is 2. The molecular formula is C7H6Cl2O2. The predicted molar refractivity (Wildman–Crippen MR) is 43.4 cm³/mol. The van der Waals surface area contributed by atoms with E-state index in [4.69, 9.17) is 27.9 Å². The summed E-state index contributed by atoms with van der Waals surface area (Å²) in [5.41, 5.74) is 0. The summed E-state index contributed by atoms with van der Waals surface area (Å²) in [6, 6.07) is 0. The molecular weight excluding hydrogens is 187 g/mol. The van der Waals surface area contributed by atoms with E-state index in [1.807, 2.05) is 0 Å². The molecule has 0 aromatic heterocycles. The lowest BCUT2D eigenvalue weighted by Gasteiger charge is -2.05. The van der Waals surface area contributed by atoms with Gasteiger partial charge < -0.3 is 4.74 Å². The van der Waals surface area contributed by atoms with Crippen LogP contribution in [0, 0.1) is 0 Å². The van der Waals surface area contributed by atoms with Crippen LogP contribution in [0.3, 0.4) is 0 Å². The van der Waals surface area contributed by atoms with Crippen LogP contribution >= 0.6 is 23.2 Å². The van der Waals surface area contributed by atoms with Gasteiger partial charge in [0.2, 0.25) is 0 Å². The number of cyclic esters (lactones) is 1. The third-order valence-corrected chi connectivity index (χ3v) is 2.19. The minimum Gasteiger partial charge on any atom is -0.452 e. The van der Waals surface area contributed by atoms with Gasteiger partial charge in [-0.25, -0.2) is 4.79 Å². The highest BCUT2D eigenvalue weighted by Crippen LogP contribution is 2.30. The molecule has 0 aromatic rings. The third kappa shape index (κ3) is 1.57. The number of rotatable bonds is 2. The van der Waals surface area contributed by atoms with Crippen LogP contribution in [0.5, 0.6) is 0 Å². The Labute approximate surface area is 74.4 Å². The second-order valence-electron chi connectivity index (χ2n) is 2.08. The van der Waals surface area contributed by atoms with Gasteiger partial charge in [-0.3, -0.25) is 0 Å². The van der Waals surface area contributed by atoms with Crippen molar-refractivity contribution in [3.05, 3.63) is 22.7 Å². The Morgan fingerprint density at radius 2 is 2.27 bits per heavy atom. The number of esters is 1. The molecule has 0 saturated carbocycles. The SMILES string of the molecule is C=CCC1OC(=O)C(Cl)=C1Cl. The highest BCUT2D eigenvalue weighted by molar-refractivity contribution is 6.48. The first-order chi connectivity index (χ1) is 5.16. The van der Waals surface area contributed by atoms with Crippen LogP contribution < -0.4 is 0 Å². The monoisotopic (exact) mass is 192 g/mol. The molecule has 0 aromatic carbocycles. The van der Waals surface area contributed by atoms with E-state index < -0.39 is 12.1 Å². The molecule has 60 valence electrons. The fraction of sp³-hybridized carbons (Fsp3) is 0.286. The van der Waals surface area contributed by atoms with Crippen LogP contribution in [0.25, 0.3) is 0 Å². The minimum atomic E-state index is -0.552. The number of carbonyl (C=O) groups excluding carboxylic acids is 1. The molecule has 0 saturated heterocycles. The van der Waals surface area contributed by atoms with E-state index in [1.54, 1.807) is 6.08 Å². The Kier molecular flexibility index (Phi) is 2.58. The van der Waals surface area contributed by atoms with Crippen molar-refractivity contribution in [2.24, 2.45) is 0 Å². The number of carbonyl (C=O) groups is 1. The average molecular weight is 193 g/mol. The van der Waals surface area contributed by atoms with Crippen molar-refractivity contribution in [1.29, 1.82) is 0 Å². The topological polar surface area (TPSA) is 26.3 Å². The molecule has 0 aliphatic carbocycles. The first kappa shape index (κ1) is 8.62. The predicted octanol–water partition coefficient (Wildman–Crippen LogP) is 2.18. The van der Waals surface area contributed by atoms with Crippen molar-refractivity contribution in [3.63, 3.8) is 0 Å². The van der Waals surface area contributed by atoms with Crippen LogP contribution in [0.2, 0.25) is 0 Å². The summed E-state index contributed by atoms with van der Waals surface area (Å²) < 4.78 is 4.78. The van der Waals surface area contributed by atoms with E-state index in [0.29, 0.717) is 6.42 Å². The van der Waals surface area contributed by atoms with Crippen LogP contribution in [0.15, 0.2) is 22.7 Å². The van der Waals surface area contributed by atoms with Crippen molar-refractivity contribution >= 4 is 29.2 Å². The van der Waals surface area contributed by atoms with Gasteiger partial charge in [-0.05, 0) is 0 Å². The van der Waals surface area contributed by atoms with Gasteiger partial charge in [0.25, 0.3) is 0 Å². The Bertz CT molecular complexity index is 233. The van der Waals surface area contributed by atoms with Gasteiger partial charge in [-0.2, -0.15) is 0 Å². The molecule has 1 atom stereocenters. The Balaban J connectivity index is 2.76. The molecule has 11 heavy (non-hydrogen) atoms. The number of hydrogen-bond acceptors (Lipinski definition) is 2. The van der Waals surface area contributed by atoms with E-state index in [2.05, 4.69) is 6.58 Å². The van der Waals surface area contributed by atoms with E-state index in [-0.39, 0.29) is 10.1 Å². The molecule has 2 nitrogen and oxygen atoms in total. The maximum atomic E-state index is 10.7. The summed E-state index contributed by atoms with van der Waals surface area (Å²) in [4.78, 5) is 10.7. The van der Waals surface area contributed by atoms with E-state index >= 15 is 0 Å². The Morgan fingerprint density at radius 3 is 2.64 bits per heavy atom. The van der Waals surface area contributed by atoms with Crippen molar-refractivity contribution in [2.45, 2.75) is 12.5 Å². The lowest BCUT2D eigenvalue weighted by molar-refractivity contribution is -0.138. The number of ether oxygens (including phenoxy) is 1. The van der Waals surface area contributed by atoms with Crippen molar-refractivity contribution < 1.29 is 9.53 Å². The first-order valence-corrected chi connectivity index (χ1v) is 3.79. The molecule has 0 radical (unpaired) electrons. The number of hydrogen-bond donors (Lipinski definition) is 0. The quantitative estimate of drug-likeness (QED) is 0.496. The fourth-order valence-corrected chi connectivity index (χ4v) is 1.15. The zero-order chi connectivity index (χ0) is 8.43. The summed E-state index contributed by atoms with van der Waals surface area (Å²) >= 11 is 11.1. The van der Waals surface area contributed by atoms with Gasteiger partial charge in [0.15, 0.2) is 0 Å². The maximum Gasteiger partial charge on any atom is 0.351 e. The van der Waals surface area contributed by atoms with Crippen LogP contribution in [0.1, 0.15) is 6.42 Å². The van der Waals surface area contributed by atoms with Crippen LogP contribution in [-0.2, 0) is 9.53 Å². The van der Waals surface area contributed by atoms with E-state index in [0.717, 1.165) is 0 Å². The third-order valence-electron chi connectivity index (χ3n) is 1.30. The Morgan fingerprint density at radius 1 is 1.64 bits per heavy atom. The lowest BCUT2D eigenvalue weighted by atomic mass is 10.2. The van der Waals surface area contributed by atoms with Gasteiger partial charge in [0.05, 0.1) is 5.03 Å². The normalized spacial score (nSPS) is 23.8. The van der Waals surface area contributed by atoms with Crippen LogP contribution in [-0.4, -0.2) is 12.1 Å². The van der Waals surface area contributed by atoms with Gasteiger partial charge in [-0.15, -0.1) is 6.58 Å². The molecule has 1 unspecified atom stereocenters. The molecule has 0 spiro atoms. The second kappa shape index (κ2) is 3.28. The van der Waals surface area contributed by atoms with Gasteiger partial charge in [0.1, 0.15) is 11.1 Å². The van der Waals surface area contributed by atoms with Gasteiger partial charge in [0, 0.05) is 6.42 Å². The summed E-state index contributed by atoms with van der Waals surface area (Å²) in [5.74, 6) is -0.552. The molecule has 4 heteroatoms.